The zero-order valence-corrected chi connectivity index (χ0v) is 15.5. The molecule has 2 aromatic heterocycles. The van der Waals surface area contributed by atoms with Gasteiger partial charge in [0.1, 0.15) is 5.82 Å². The summed E-state index contributed by atoms with van der Waals surface area (Å²) in [5.74, 6) is 1.39. The summed E-state index contributed by atoms with van der Waals surface area (Å²) in [7, 11) is 0. The van der Waals surface area contributed by atoms with Crippen LogP contribution in [0.1, 0.15) is 49.7 Å². The van der Waals surface area contributed by atoms with Crippen LogP contribution in [-0.2, 0) is 0 Å². The summed E-state index contributed by atoms with van der Waals surface area (Å²) in [4.78, 5) is 7.69. The Kier molecular flexibility index (Phi) is 4.32. The smallest absolute Gasteiger partial charge is 0.147 e. The molecule has 0 saturated carbocycles. The zero-order valence-electron chi connectivity index (χ0n) is 15.5. The number of rotatable bonds is 3. The first-order valence-corrected chi connectivity index (χ1v) is 9.42. The number of nitrogens with two attached hydrogens (primary N) is 2. The van der Waals surface area contributed by atoms with Gasteiger partial charge in [0.05, 0.1) is 11.4 Å². The number of anilines is 2. The highest BCUT2D eigenvalue weighted by atomic mass is 14.9. The topological polar surface area (TPSA) is 92.8 Å². The Morgan fingerprint density at radius 3 is 2.62 bits per heavy atom. The van der Waals surface area contributed by atoms with Crippen LogP contribution in [0.15, 0.2) is 30.5 Å². The Labute approximate surface area is 154 Å². The molecule has 6 N–H and O–H groups in total. The Hall–Kier alpha value is -2.53. The van der Waals surface area contributed by atoms with Crippen LogP contribution < -0.4 is 16.8 Å². The van der Waals surface area contributed by atoms with E-state index in [0.29, 0.717) is 23.3 Å². The third-order valence-corrected chi connectivity index (χ3v) is 5.54. The van der Waals surface area contributed by atoms with Crippen LogP contribution >= 0.6 is 0 Å². The van der Waals surface area contributed by atoms with E-state index in [0.717, 1.165) is 29.9 Å². The molecule has 0 atom stereocenters. The van der Waals surface area contributed by atoms with Gasteiger partial charge in [-0.2, -0.15) is 0 Å². The number of pyridine rings is 1. The fraction of sp³-hybridized carbons (Fsp3) is 0.381. The van der Waals surface area contributed by atoms with Gasteiger partial charge < -0.3 is 21.8 Å². The summed E-state index contributed by atoms with van der Waals surface area (Å²) in [5.41, 5.74) is 18.6. The van der Waals surface area contributed by atoms with Crippen LogP contribution in [0.25, 0.3) is 22.2 Å². The lowest BCUT2D eigenvalue weighted by molar-refractivity contribution is 0.460. The lowest BCUT2D eigenvalue weighted by Crippen LogP contribution is -2.26. The molecule has 3 aromatic rings. The van der Waals surface area contributed by atoms with Crippen LogP contribution in [0, 0.1) is 0 Å². The first kappa shape index (κ1) is 16.9. The van der Waals surface area contributed by atoms with E-state index in [2.05, 4.69) is 47.3 Å². The molecule has 26 heavy (non-hydrogen) atoms. The van der Waals surface area contributed by atoms with E-state index in [-0.39, 0.29) is 0 Å². The number of nitrogens with zero attached hydrogens (tertiary/aromatic N) is 1. The van der Waals surface area contributed by atoms with Gasteiger partial charge in [-0.15, -0.1) is 0 Å². The summed E-state index contributed by atoms with van der Waals surface area (Å²) in [5, 5.41) is 4.74. The number of fused-ring (bicyclic) bond motifs is 1. The predicted octanol–water partition coefficient (Wildman–Crippen LogP) is 3.98. The van der Waals surface area contributed by atoms with Crippen LogP contribution in [-0.4, -0.2) is 23.1 Å². The van der Waals surface area contributed by atoms with Crippen LogP contribution in [0.4, 0.5) is 11.5 Å². The fourth-order valence-electron chi connectivity index (χ4n) is 4.16. The van der Waals surface area contributed by atoms with Gasteiger partial charge in [-0.05, 0) is 67.1 Å². The molecule has 1 saturated heterocycles. The lowest BCUT2D eigenvalue weighted by atomic mass is 9.88. The Morgan fingerprint density at radius 2 is 1.88 bits per heavy atom. The Morgan fingerprint density at radius 1 is 1.12 bits per heavy atom. The quantitative estimate of drug-likeness (QED) is 0.575. The van der Waals surface area contributed by atoms with Crippen molar-refractivity contribution >= 4 is 22.4 Å². The zero-order chi connectivity index (χ0) is 18.3. The van der Waals surface area contributed by atoms with Crippen molar-refractivity contribution in [2.75, 3.05) is 24.6 Å². The molecule has 0 radical (unpaired) electrons. The number of aromatic amines is 1. The van der Waals surface area contributed by atoms with Crippen molar-refractivity contribution in [2.24, 2.45) is 0 Å². The molecule has 1 aliphatic heterocycles. The Bertz CT molecular complexity index is 935. The van der Waals surface area contributed by atoms with Crippen molar-refractivity contribution in [3.8, 4) is 11.3 Å². The maximum absolute atomic E-state index is 6.24. The minimum absolute atomic E-state index is 0.371. The summed E-state index contributed by atoms with van der Waals surface area (Å²) < 4.78 is 0. The molecular formula is C21H27N5. The minimum Gasteiger partial charge on any atom is -0.395 e. The van der Waals surface area contributed by atoms with Crippen molar-refractivity contribution in [1.82, 2.24) is 15.3 Å². The van der Waals surface area contributed by atoms with Gasteiger partial charge in [0, 0.05) is 22.7 Å². The SMILES string of the molecule is CC(C)c1c(-c2ccnc(N)c2N)[nH]c2ccc(C3CCNCC3)cc12. The standard InChI is InChI=1S/C21H27N5/c1-12(2)18-16-11-14(13-5-8-24-9-6-13)3-4-17(16)26-20(18)15-7-10-25-21(23)19(15)22/h3-4,7,10-13,24,26H,5-6,8-9,22H2,1-2H3,(H2,23,25). The number of hydrogen-bond donors (Lipinski definition) is 4. The van der Waals surface area contributed by atoms with E-state index in [1.54, 1.807) is 6.20 Å². The molecule has 1 aliphatic rings. The number of hydrogen-bond acceptors (Lipinski definition) is 4. The average Bonchev–Trinajstić information content (AvgIpc) is 3.03. The summed E-state index contributed by atoms with van der Waals surface area (Å²) in [6.07, 6.45) is 4.12. The second-order valence-electron chi connectivity index (χ2n) is 7.56. The highest BCUT2D eigenvalue weighted by Crippen LogP contribution is 2.40. The molecule has 1 aromatic carbocycles. The molecule has 0 unspecified atom stereocenters. The number of nitrogens with one attached hydrogen (secondary N) is 2. The van der Waals surface area contributed by atoms with E-state index in [4.69, 9.17) is 11.5 Å². The fourth-order valence-corrected chi connectivity index (χ4v) is 4.16. The van der Waals surface area contributed by atoms with E-state index in [1.165, 1.54) is 29.4 Å². The molecule has 5 heteroatoms. The van der Waals surface area contributed by atoms with Crippen LogP contribution in [0.5, 0.6) is 0 Å². The van der Waals surface area contributed by atoms with E-state index in [9.17, 15) is 0 Å². The van der Waals surface area contributed by atoms with Crippen LogP contribution in [0.2, 0.25) is 0 Å². The first-order valence-electron chi connectivity index (χ1n) is 9.42. The largest absolute Gasteiger partial charge is 0.395 e. The van der Waals surface area contributed by atoms with E-state index >= 15 is 0 Å². The third kappa shape index (κ3) is 2.82. The molecular weight excluding hydrogens is 322 g/mol. The van der Waals surface area contributed by atoms with Gasteiger partial charge in [-0.1, -0.05) is 19.9 Å². The van der Waals surface area contributed by atoms with Crippen molar-refractivity contribution < 1.29 is 0 Å². The Balaban J connectivity index is 1.89. The molecule has 0 bridgehead atoms. The second kappa shape index (κ2) is 6.65. The number of benzene rings is 1. The lowest BCUT2D eigenvalue weighted by Gasteiger charge is -2.23. The summed E-state index contributed by atoms with van der Waals surface area (Å²) in [6.45, 7) is 6.66. The number of aromatic nitrogens is 2. The average molecular weight is 349 g/mol. The molecule has 0 amide bonds. The molecule has 3 heterocycles. The molecule has 5 nitrogen and oxygen atoms in total. The molecule has 1 fully saturated rings. The molecule has 136 valence electrons. The van der Waals surface area contributed by atoms with Gasteiger partial charge in [0.25, 0.3) is 0 Å². The maximum atomic E-state index is 6.24. The van der Waals surface area contributed by atoms with Gasteiger partial charge in [0.2, 0.25) is 0 Å². The van der Waals surface area contributed by atoms with Gasteiger partial charge in [-0.3, -0.25) is 0 Å². The number of nitrogen functional groups attached to an aromatic ring is 2. The summed E-state index contributed by atoms with van der Waals surface area (Å²) in [6, 6.07) is 8.80. The van der Waals surface area contributed by atoms with Crippen LogP contribution in [0.3, 0.4) is 0 Å². The van der Waals surface area contributed by atoms with E-state index in [1.807, 2.05) is 6.07 Å². The van der Waals surface area contributed by atoms with Crippen molar-refractivity contribution in [2.45, 2.75) is 38.5 Å². The highest BCUT2D eigenvalue weighted by Gasteiger charge is 2.21. The minimum atomic E-state index is 0.371. The second-order valence-corrected chi connectivity index (χ2v) is 7.56. The number of piperidine rings is 1. The van der Waals surface area contributed by atoms with E-state index < -0.39 is 0 Å². The van der Waals surface area contributed by atoms with Crippen molar-refractivity contribution in [3.63, 3.8) is 0 Å². The first-order chi connectivity index (χ1) is 12.6. The number of H-pyrrole nitrogens is 1. The summed E-state index contributed by atoms with van der Waals surface area (Å²) >= 11 is 0. The third-order valence-electron chi connectivity index (χ3n) is 5.54. The van der Waals surface area contributed by atoms with Gasteiger partial charge in [0.15, 0.2) is 0 Å². The molecule has 0 spiro atoms. The normalized spacial score (nSPS) is 15.8. The molecule has 4 rings (SSSR count). The maximum Gasteiger partial charge on any atom is 0.147 e. The van der Waals surface area contributed by atoms with Gasteiger partial charge in [-0.25, -0.2) is 4.98 Å². The molecule has 0 aliphatic carbocycles. The monoisotopic (exact) mass is 349 g/mol. The van der Waals surface area contributed by atoms with Gasteiger partial charge >= 0.3 is 0 Å². The van der Waals surface area contributed by atoms with Crippen molar-refractivity contribution in [3.05, 3.63) is 41.6 Å². The highest BCUT2D eigenvalue weighted by molar-refractivity contribution is 5.95. The predicted molar refractivity (Wildman–Crippen MR) is 109 cm³/mol. The van der Waals surface area contributed by atoms with Crippen molar-refractivity contribution in [1.29, 1.82) is 0 Å².